The zero-order valence-electron chi connectivity index (χ0n) is 15.4. The van der Waals surface area contributed by atoms with E-state index in [0.717, 1.165) is 5.75 Å². The Balaban J connectivity index is 1.83. The molecule has 3 atom stereocenters. The Hall–Kier alpha value is -1.06. The van der Waals surface area contributed by atoms with Crippen LogP contribution in [0, 0.1) is 0 Å². The summed E-state index contributed by atoms with van der Waals surface area (Å²) in [5.41, 5.74) is 1.44. The number of hydrogen-bond donors (Lipinski definition) is 1. The van der Waals surface area contributed by atoms with Crippen molar-refractivity contribution in [1.82, 2.24) is 4.90 Å². The van der Waals surface area contributed by atoms with E-state index >= 15 is 0 Å². The maximum atomic E-state index is 10.3. The Bertz CT molecular complexity index is 467. The molecule has 1 aliphatic rings. The molecule has 1 aromatic rings. The van der Waals surface area contributed by atoms with Crippen molar-refractivity contribution in [2.75, 3.05) is 13.2 Å². The predicted octanol–water partition coefficient (Wildman–Crippen LogP) is 3.99. The summed E-state index contributed by atoms with van der Waals surface area (Å²) in [6, 6.07) is 9.32. The molecule has 1 aromatic carbocycles. The molecule has 0 unspecified atom stereocenters. The average Bonchev–Trinajstić information content (AvgIpc) is 2.48. The smallest absolute Gasteiger partial charge is 0.119 e. The van der Waals surface area contributed by atoms with Crippen molar-refractivity contribution in [3.05, 3.63) is 29.8 Å². The van der Waals surface area contributed by atoms with Gasteiger partial charge >= 0.3 is 0 Å². The van der Waals surface area contributed by atoms with Crippen molar-refractivity contribution in [2.45, 2.75) is 77.5 Å². The molecular weight excluding hydrogens is 286 g/mol. The Kier molecular flexibility index (Phi) is 6.10. The third-order valence-electron chi connectivity index (χ3n) is 4.96. The highest BCUT2D eigenvalue weighted by atomic mass is 16.5. The predicted molar refractivity (Wildman–Crippen MR) is 96.1 cm³/mol. The molecule has 0 aliphatic carbocycles. The highest BCUT2D eigenvalue weighted by Gasteiger charge is 2.26. The van der Waals surface area contributed by atoms with Crippen LogP contribution >= 0.6 is 0 Å². The van der Waals surface area contributed by atoms with Gasteiger partial charge in [0.05, 0.1) is 0 Å². The van der Waals surface area contributed by atoms with Gasteiger partial charge < -0.3 is 9.84 Å². The SMILES string of the molecule is C[C@@H]1CCC[C@H](C)N1C[C@H](O)COc1ccc(C(C)(C)C)cc1. The first-order chi connectivity index (χ1) is 10.8. The number of aliphatic hydroxyl groups excluding tert-OH is 1. The zero-order valence-corrected chi connectivity index (χ0v) is 15.4. The fourth-order valence-corrected chi connectivity index (χ4v) is 3.37. The number of ether oxygens (including phenoxy) is 1. The van der Waals surface area contributed by atoms with Crippen LogP contribution in [0.2, 0.25) is 0 Å². The van der Waals surface area contributed by atoms with Crippen LogP contribution in [0.25, 0.3) is 0 Å². The number of rotatable bonds is 5. The van der Waals surface area contributed by atoms with Gasteiger partial charge in [0.15, 0.2) is 0 Å². The molecule has 3 nitrogen and oxygen atoms in total. The van der Waals surface area contributed by atoms with Crippen LogP contribution in [0.3, 0.4) is 0 Å². The molecule has 130 valence electrons. The van der Waals surface area contributed by atoms with Crippen LogP contribution in [0.4, 0.5) is 0 Å². The Morgan fingerprint density at radius 3 is 2.22 bits per heavy atom. The van der Waals surface area contributed by atoms with Crippen LogP contribution in [0.15, 0.2) is 24.3 Å². The van der Waals surface area contributed by atoms with E-state index in [-0.39, 0.29) is 5.41 Å². The van der Waals surface area contributed by atoms with E-state index in [1.807, 2.05) is 12.1 Å². The maximum absolute atomic E-state index is 10.3. The molecule has 1 fully saturated rings. The molecule has 0 radical (unpaired) electrons. The minimum Gasteiger partial charge on any atom is -0.491 e. The summed E-state index contributed by atoms with van der Waals surface area (Å²) in [6.07, 6.45) is 3.31. The molecular formula is C20H33NO2. The van der Waals surface area contributed by atoms with Gasteiger partial charge in [-0.1, -0.05) is 39.3 Å². The quantitative estimate of drug-likeness (QED) is 0.891. The lowest BCUT2D eigenvalue weighted by atomic mass is 9.87. The van der Waals surface area contributed by atoms with Gasteiger partial charge in [-0.25, -0.2) is 0 Å². The van der Waals surface area contributed by atoms with Gasteiger partial charge in [0.2, 0.25) is 0 Å². The zero-order chi connectivity index (χ0) is 17.0. The maximum Gasteiger partial charge on any atom is 0.119 e. The van der Waals surface area contributed by atoms with Gasteiger partial charge in [0, 0.05) is 18.6 Å². The molecule has 0 spiro atoms. The third-order valence-corrected chi connectivity index (χ3v) is 4.96. The number of piperidine rings is 1. The fraction of sp³-hybridized carbons (Fsp3) is 0.700. The van der Waals surface area contributed by atoms with Crippen LogP contribution in [-0.2, 0) is 5.41 Å². The molecule has 1 saturated heterocycles. The van der Waals surface area contributed by atoms with Crippen molar-refractivity contribution in [1.29, 1.82) is 0 Å². The van der Waals surface area contributed by atoms with Gasteiger partial charge in [-0.05, 0) is 49.8 Å². The molecule has 3 heteroatoms. The Morgan fingerprint density at radius 1 is 1.13 bits per heavy atom. The molecule has 0 bridgehead atoms. The largest absolute Gasteiger partial charge is 0.491 e. The number of β-amino-alcohol motifs (C(OH)–C–C–N with tert-alkyl or cyclic N) is 1. The van der Waals surface area contributed by atoms with E-state index in [2.05, 4.69) is 51.7 Å². The van der Waals surface area contributed by atoms with Crippen LogP contribution in [0.5, 0.6) is 5.75 Å². The summed E-state index contributed by atoms with van der Waals surface area (Å²) in [4.78, 5) is 2.42. The van der Waals surface area contributed by atoms with E-state index in [9.17, 15) is 5.11 Å². The van der Waals surface area contributed by atoms with Crippen LogP contribution in [-0.4, -0.2) is 41.3 Å². The standard InChI is InChI=1S/C20H33NO2/c1-15-7-6-8-16(2)21(15)13-18(22)14-23-19-11-9-17(10-12-19)20(3,4)5/h9-12,15-16,18,22H,6-8,13-14H2,1-5H3/t15-,16+,18-/m0/s1. The number of benzene rings is 1. The second-order valence-corrected chi connectivity index (χ2v) is 8.06. The summed E-state index contributed by atoms with van der Waals surface area (Å²) in [5.74, 6) is 0.830. The van der Waals surface area contributed by atoms with Crippen molar-refractivity contribution >= 4 is 0 Å². The normalized spacial score (nSPS) is 24.4. The Labute approximate surface area is 141 Å². The second kappa shape index (κ2) is 7.67. The highest BCUT2D eigenvalue weighted by molar-refractivity contribution is 5.31. The first kappa shape index (κ1) is 18.3. The summed E-state index contributed by atoms with van der Waals surface area (Å²) >= 11 is 0. The summed E-state index contributed by atoms with van der Waals surface area (Å²) in [6.45, 7) is 12.2. The first-order valence-electron chi connectivity index (χ1n) is 8.94. The fourth-order valence-electron chi connectivity index (χ4n) is 3.37. The monoisotopic (exact) mass is 319 g/mol. The highest BCUT2D eigenvalue weighted by Crippen LogP contribution is 2.25. The molecule has 1 aliphatic heterocycles. The molecule has 1 heterocycles. The summed E-state index contributed by atoms with van der Waals surface area (Å²) < 4.78 is 5.77. The molecule has 1 N–H and O–H groups in total. The third kappa shape index (κ3) is 5.22. The lowest BCUT2D eigenvalue weighted by Gasteiger charge is -2.40. The van der Waals surface area contributed by atoms with E-state index < -0.39 is 6.10 Å². The lowest BCUT2D eigenvalue weighted by molar-refractivity contribution is 0.0209. The van der Waals surface area contributed by atoms with E-state index in [1.165, 1.54) is 24.8 Å². The number of likely N-dealkylation sites (tertiary alicyclic amines) is 1. The average molecular weight is 319 g/mol. The van der Waals surface area contributed by atoms with Crippen LogP contribution in [0.1, 0.15) is 59.4 Å². The van der Waals surface area contributed by atoms with Gasteiger partial charge in [-0.15, -0.1) is 0 Å². The van der Waals surface area contributed by atoms with E-state index in [1.54, 1.807) is 0 Å². The Morgan fingerprint density at radius 2 is 1.70 bits per heavy atom. The van der Waals surface area contributed by atoms with E-state index in [0.29, 0.717) is 25.2 Å². The van der Waals surface area contributed by atoms with Gasteiger partial charge in [0.25, 0.3) is 0 Å². The van der Waals surface area contributed by atoms with Gasteiger partial charge in [-0.3, -0.25) is 4.90 Å². The minimum atomic E-state index is -0.444. The molecule has 0 aromatic heterocycles. The molecule has 23 heavy (non-hydrogen) atoms. The molecule has 2 rings (SSSR count). The van der Waals surface area contributed by atoms with Gasteiger partial charge in [-0.2, -0.15) is 0 Å². The van der Waals surface area contributed by atoms with Gasteiger partial charge in [0.1, 0.15) is 18.5 Å². The minimum absolute atomic E-state index is 0.151. The number of nitrogens with zero attached hydrogens (tertiary/aromatic N) is 1. The topological polar surface area (TPSA) is 32.7 Å². The molecule has 0 amide bonds. The van der Waals surface area contributed by atoms with E-state index in [4.69, 9.17) is 4.74 Å². The summed E-state index contributed by atoms with van der Waals surface area (Å²) in [5, 5.41) is 10.3. The summed E-state index contributed by atoms with van der Waals surface area (Å²) in [7, 11) is 0. The van der Waals surface area contributed by atoms with Crippen molar-refractivity contribution in [3.8, 4) is 5.75 Å². The second-order valence-electron chi connectivity index (χ2n) is 8.06. The van der Waals surface area contributed by atoms with Crippen molar-refractivity contribution < 1.29 is 9.84 Å². The number of aliphatic hydroxyl groups is 1. The van der Waals surface area contributed by atoms with Crippen LogP contribution < -0.4 is 4.74 Å². The number of hydrogen-bond acceptors (Lipinski definition) is 3. The van der Waals surface area contributed by atoms with Crippen molar-refractivity contribution in [2.24, 2.45) is 0 Å². The first-order valence-corrected chi connectivity index (χ1v) is 8.94. The molecule has 0 saturated carbocycles. The van der Waals surface area contributed by atoms with Crippen molar-refractivity contribution in [3.63, 3.8) is 0 Å². The lowest BCUT2D eigenvalue weighted by Crippen LogP contribution is -2.48.